The van der Waals surface area contributed by atoms with E-state index in [1.807, 2.05) is 0 Å². The van der Waals surface area contributed by atoms with Gasteiger partial charge in [0.2, 0.25) is 5.91 Å². The van der Waals surface area contributed by atoms with Gasteiger partial charge in [-0.05, 0) is 31.8 Å². The predicted molar refractivity (Wildman–Crippen MR) is 62.0 cm³/mol. The molecule has 2 aliphatic rings. The largest absolute Gasteiger partial charge is 0.386 e. The Morgan fingerprint density at radius 3 is 2.88 bits per heavy atom. The minimum Gasteiger partial charge on any atom is -0.386 e. The number of amides is 1. The monoisotopic (exact) mass is 226 g/mol. The fourth-order valence-electron chi connectivity index (χ4n) is 2.73. The van der Waals surface area contributed by atoms with Gasteiger partial charge in [0.15, 0.2) is 0 Å². The molecule has 2 N–H and O–H groups in total. The molecule has 0 radical (unpaired) electrons. The highest BCUT2D eigenvalue weighted by molar-refractivity contribution is 5.77. The van der Waals surface area contributed by atoms with Gasteiger partial charge in [-0.15, -0.1) is 0 Å². The van der Waals surface area contributed by atoms with Gasteiger partial charge in [-0.3, -0.25) is 4.79 Å². The lowest BCUT2D eigenvalue weighted by atomic mass is 9.88. The number of likely N-dealkylation sites (tertiary alicyclic amines) is 1. The number of nitrogens with one attached hydrogen (secondary N) is 1. The van der Waals surface area contributed by atoms with Crippen molar-refractivity contribution in [3.63, 3.8) is 0 Å². The van der Waals surface area contributed by atoms with Crippen molar-refractivity contribution in [1.29, 1.82) is 0 Å². The molecule has 0 aromatic heterocycles. The van der Waals surface area contributed by atoms with Gasteiger partial charge in [0.25, 0.3) is 0 Å². The van der Waals surface area contributed by atoms with Gasteiger partial charge in [0.1, 0.15) is 0 Å². The van der Waals surface area contributed by atoms with Crippen molar-refractivity contribution in [1.82, 2.24) is 10.2 Å². The molecule has 0 bridgehead atoms. The molecule has 2 heterocycles. The van der Waals surface area contributed by atoms with E-state index in [9.17, 15) is 9.90 Å². The molecule has 2 rings (SSSR count). The van der Waals surface area contributed by atoms with E-state index in [-0.39, 0.29) is 5.91 Å². The van der Waals surface area contributed by atoms with E-state index in [1.54, 1.807) is 4.90 Å². The second kappa shape index (κ2) is 4.72. The quantitative estimate of drug-likeness (QED) is 0.728. The van der Waals surface area contributed by atoms with Crippen molar-refractivity contribution in [2.75, 3.05) is 26.2 Å². The summed E-state index contributed by atoms with van der Waals surface area (Å²) in [4.78, 5) is 13.7. The van der Waals surface area contributed by atoms with Crippen molar-refractivity contribution < 1.29 is 9.90 Å². The molecule has 2 aliphatic heterocycles. The van der Waals surface area contributed by atoms with Crippen molar-refractivity contribution in [2.45, 2.75) is 38.2 Å². The maximum absolute atomic E-state index is 11.9. The minimum atomic E-state index is -0.585. The van der Waals surface area contributed by atoms with Crippen LogP contribution in [-0.4, -0.2) is 47.7 Å². The Bertz CT molecular complexity index is 256. The summed E-state index contributed by atoms with van der Waals surface area (Å²) in [6, 6.07) is 0. The zero-order valence-corrected chi connectivity index (χ0v) is 10.0. The Kier molecular flexibility index (Phi) is 3.50. The summed E-state index contributed by atoms with van der Waals surface area (Å²) in [5.74, 6) is 0.724. The van der Waals surface area contributed by atoms with Crippen LogP contribution in [0.1, 0.15) is 32.6 Å². The molecule has 92 valence electrons. The average Bonchev–Trinajstić information content (AvgIpc) is 2.66. The van der Waals surface area contributed by atoms with E-state index in [0.29, 0.717) is 25.4 Å². The lowest BCUT2D eigenvalue weighted by Crippen LogP contribution is -2.63. The van der Waals surface area contributed by atoms with Crippen molar-refractivity contribution in [3.05, 3.63) is 0 Å². The van der Waals surface area contributed by atoms with Crippen LogP contribution in [0.4, 0.5) is 0 Å². The van der Waals surface area contributed by atoms with Gasteiger partial charge < -0.3 is 15.3 Å². The molecule has 4 nitrogen and oxygen atoms in total. The molecule has 1 amide bonds. The Morgan fingerprint density at radius 1 is 1.56 bits per heavy atom. The zero-order chi connectivity index (χ0) is 11.6. The highest BCUT2D eigenvalue weighted by Crippen LogP contribution is 2.27. The first-order valence-electron chi connectivity index (χ1n) is 6.34. The number of hydrogen-bond acceptors (Lipinski definition) is 3. The Morgan fingerprint density at radius 2 is 2.31 bits per heavy atom. The van der Waals surface area contributed by atoms with Crippen LogP contribution in [0.3, 0.4) is 0 Å². The highest BCUT2D eigenvalue weighted by atomic mass is 16.3. The van der Waals surface area contributed by atoms with Crippen LogP contribution in [-0.2, 0) is 4.79 Å². The normalized spacial score (nSPS) is 27.9. The van der Waals surface area contributed by atoms with E-state index in [2.05, 4.69) is 12.2 Å². The molecule has 0 spiro atoms. The average molecular weight is 226 g/mol. The molecular formula is C12H22N2O2. The molecule has 0 aromatic carbocycles. The molecule has 0 saturated carbocycles. The molecular weight excluding hydrogens is 204 g/mol. The van der Waals surface area contributed by atoms with E-state index in [0.717, 1.165) is 32.4 Å². The maximum Gasteiger partial charge on any atom is 0.223 e. The van der Waals surface area contributed by atoms with Gasteiger partial charge in [0.05, 0.1) is 18.7 Å². The summed E-state index contributed by atoms with van der Waals surface area (Å²) < 4.78 is 0. The number of hydrogen-bond donors (Lipinski definition) is 2. The van der Waals surface area contributed by atoms with Gasteiger partial charge in [-0.2, -0.15) is 0 Å². The van der Waals surface area contributed by atoms with Gasteiger partial charge in [0, 0.05) is 6.42 Å². The smallest absolute Gasteiger partial charge is 0.223 e. The van der Waals surface area contributed by atoms with Crippen molar-refractivity contribution in [2.24, 2.45) is 5.92 Å². The standard InChI is InChI=1S/C12H22N2O2/c1-2-4-12(16)8-14(9-12)11(15)6-10-3-5-13-7-10/h10,13,16H,2-9H2,1H3. The lowest BCUT2D eigenvalue weighted by Gasteiger charge is -2.46. The van der Waals surface area contributed by atoms with Crippen molar-refractivity contribution >= 4 is 5.91 Å². The Labute approximate surface area is 97.0 Å². The molecule has 0 aromatic rings. The van der Waals surface area contributed by atoms with E-state index < -0.39 is 5.60 Å². The third-order valence-electron chi connectivity index (χ3n) is 3.66. The highest BCUT2D eigenvalue weighted by Gasteiger charge is 2.42. The predicted octanol–water partition coefficient (Wildman–Crippen LogP) is 0.359. The second-order valence-electron chi connectivity index (χ2n) is 5.29. The SMILES string of the molecule is CCCC1(O)CN(C(=O)CC2CCNC2)C1. The van der Waals surface area contributed by atoms with Crippen LogP contribution in [0, 0.1) is 5.92 Å². The topological polar surface area (TPSA) is 52.6 Å². The third-order valence-corrected chi connectivity index (χ3v) is 3.66. The van der Waals surface area contributed by atoms with Crippen LogP contribution in [0.25, 0.3) is 0 Å². The summed E-state index contributed by atoms with van der Waals surface area (Å²) in [5.41, 5.74) is -0.585. The maximum atomic E-state index is 11.9. The second-order valence-corrected chi connectivity index (χ2v) is 5.29. The number of carbonyl (C=O) groups excluding carboxylic acids is 1. The third kappa shape index (κ3) is 2.55. The molecule has 0 aliphatic carbocycles. The summed E-state index contributed by atoms with van der Waals surface area (Å²) in [6.07, 6.45) is 3.54. The molecule has 2 saturated heterocycles. The Balaban J connectivity index is 1.72. The minimum absolute atomic E-state index is 0.217. The molecule has 16 heavy (non-hydrogen) atoms. The van der Waals surface area contributed by atoms with Crippen molar-refractivity contribution in [3.8, 4) is 0 Å². The van der Waals surface area contributed by atoms with Crippen LogP contribution < -0.4 is 5.32 Å². The van der Waals surface area contributed by atoms with Gasteiger partial charge in [-0.25, -0.2) is 0 Å². The fraction of sp³-hybridized carbons (Fsp3) is 0.917. The number of nitrogens with zero attached hydrogens (tertiary/aromatic N) is 1. The van der Waals surface area contributed by atoms with Gasteiger partial charge >= 0.3 is 0 Å². The molecule has 1 unspecified atom stereocenters. The summed E-state index contributed by atoms with van der Waals surface area (Å²) in [5, 5.41) is 13.3. The van der Waals surface area contributed by atoms with E-state index in [1.165, 1.54) is 0 Å². The molecule has 4 heteroatoms. The molecule has 2 fully saturated rings. The van der Waals surface area contributed by atoms with E-state index in [4.69, 9.17) is 0 Å². The van der Waals surface area contributed by atoms with Crippen LogP contribution in [0.15, 0.2) is 0 Å². The fourth-order valence-corrected chi connectivity index (χ4v) is 2.73. The number of rotatable bonds is 4. The number of aliphatic hydroxyl groups is 1. The van der Waals surface area contributed by atoms with Gasteiger partial charge in [-0.1, -0.05) is 13.3 Å². The molecule has 1 atom stereocenters. The lowest BCUT2D eigenvalue weighted by molar-refractivity contribution is -0.157. The first-order chi connectivity index (χ1) is 7.63. The van der Waals surface area contributed by atoms with Crippen LogP contribution >= 0.6 is 0 Å². The zero-order valence-electron chi connectivity index (χ0n) is 10.0. The van der Waals surface area contributed by atoms with Crippen LogP contribution in [0.2, 0.25) is 0 Å². The first kappa shape index (κ1) is 11.9. The van der Waals surface area contributed by atoms with E-state index >= 15 is 0 Å². The number of β-amino-alcohol motifs (C(OH)–C–C–N with tert-alkyl or cyclic N) is 1. The summed E-state index contributed by atoms with van der Waals surface area (Å²) in [6.45, 7) is 5.16. The first-order valence-corrected chi connectivity index (χ1v) is 6.34. The van der Waals surface area contributed by atoms with Crippen LogP contribution in [0.5, 0.6) is 0 Å². The summed E-state index contributed by atoms with van der Waals surface area (Å²) in [7, 11) is 0. The number of carbonyl (C=O) groups is 1. The Hall–Kier alpha value is -0.610. The summed E-state index contributed by atoms with van der Waals surface area (Å²) >= 11 is 0.